The van der Waals surface area contributed by atoms with E-state index in [0.29, 0.717) is 10.6 Å². The second-order valence-corrected chi connectivity index (χ2v) is 17.8. The fourth-order valence-electron chi connectivity index (χ4n) is 7.99. The molecule has 0 saturated carbocycles. The van der Waals surface area contributed by atoms with Gasteiger partial charge >= 0.3 is 0 Å². The summed E-state index contributed by atoms with van der Waals surface area (Å²) in [6, 6.07) is 55.2. The van der Waals surface area contributed by atoms with Crippen molar-refractivity contribution in [1.82, 2.24) is 4.57 Å². The molecule has 7 aromatic carbocycles. The molecule has 5 heteroatoms. The van der Waals surface area contributed by atoms with Crippen molar-refractivity contribution in [3.8, 4) is 27.9 Å². The minimum absolute atomic E-state index is 0.696. The number of aromatic nitrogens is 1. The zero-order chi connectivity index (χ0) is 31.3. The molecule has 0 atom stereocenters. The van der Waals surface area contributed by atoms with E-state index in [-0.39, 0.29) is 0 Å². The van der Waals surface area contributed by atoms with Crippen LogP contribution in [0.4, 0.5) is 0 Å². The van der Waals surface area contributed by atoms with Crippen LogP contribution < -0.4 is 31.8 Å². The van der Waals surface area contributed by atoms with Crippen LogP contribution in [0.3, 0.4) is 0 Å². The Morgan fingerprint density at radius 3 is 1.06 bits per heavy atom. The van der Waals surface area contributed by atoms with Crippen LogP contribution in [0.15, 0.2) is 164 Å². The summed E-state index contributed by atoms with van der Waals surface area (Å²) in [5, 5.41) is 6.99. The first kappa shape index (κ1) is 27.0. The molecular weight excluding hydrogens is 612 g/mol. The van der Waals surface area contributed by atoms with Crippen molar-refractivity contribution >= 4 is 67.9 Å². The largest absolute Gasteiger partial charge is 0.309 e. The third-order valence-corrected chi connectivity index (χ3v) is 16.3. The topological polar surface area (TPSA) is 39.1 Å². The summed E-state index contributed by atoms with van der Waals surface area (Å²) in [6.07, 6.45) is 0. The Labute approximate surface area is 272 Å². The van der Waals surface area contributed by atoms with Crippen molar-refractivity contribution in [2.45, 2.75) is 0 Å². The van der Waals surface area contributed by atoms with Crippen LogP contribution in [0.2, 0.25) is 0 Å². The molecule has 10 rings (SSSR count). The summed E-state index contributed by atoms with van der Waals surface area (Å²) in [5.74, 6) is 0. The van der Waals surface area contributed by atoms with Crippen molar-refractivity contribution < 1.29 is 9.13 Å². The number of rotatable bonds is 3. The average Bonchev–Trinajstić information content (AvgIpc) is 3.71. The van der Waals surface area contributed by atoms with Gasteiger partial charge in [0.15, 0.2) is 14.3 Å². The molecule has 0 amide bonds. The maximum atomic E-state index is 16.0. The molecule has 0 saturated heterocycles. The number of nitrogens with zero attached hydrogens (tertiary/aromatic N) is 1. The lowest BCUT2D eigenvalue weighted by Crippen LogP contribution is -2.28. The normalized spacial score (nSPS) is 14.9. The molecule has 0 fully saturated rings. The van der Waals surface area contributed by atoms with Gasteiger partial charge in [0.1, 0.15) is 0 Å². The van der Waals surface area contributed by atoms with Gasteiger partial charge in [-0.15, -0.1) is 0 Å². The third-order valence-electron chi connectivity index (χ3n) is 10.0. The predicted molar refractivity (Wildman–Crippen MR) is 198 cm³/mol. The molecule has 0 N–H and O–H groups in total. The van der Waals surface area contributed by atoms with Gasteiger partial charge in [-0.2, -0.15) is 0 Å². The number of hydrogen-bond donors (Lipinski definition) is 0. The monoisotopic (exact) mass is 639 g/mol. The molecule has 2 aliphatic heterocycles. The maximum absolute atomic E-state index is 16.0. The van der Waals surface area contributed by atoms with Crippen molar-refractivity contribution in [2.75, 3.05) is 0 Å². The van der Waals surface area contributed by atoms with Crippen molar-refractivity contribution in [1.29, 1.82) is 0 Å². The van der Waals surface area contributed by atoms with Gasteiger partial charge in [-0.05, 0) is 52.6 Å². The van der Waals surface area contributed by atoms with Gasteiger partial charge in [0.25, 0.3) is 0 Å². The Morgan fingerprint density at radius 2 is 0.681 bits per heavy atom. The minimum atomic E-state index is -3.35. The van der Waals surface area contributed by atoms with Crippen LogP contribution in [-0.2, 0) is 9.13 Å². The van der Waals surface area contributed by atoms with Gasteiger partial charge in [-0.3, -0.25) is 0 Å². The van der Waals surface area contributed by atoms with Gasteiger partial charge in [-0.1, -0.05) is 133 Å². The van der Waals surface area contributed by atoms with E-state index < -0.39 is 14.3 Å². The fraction of sp³-hybridized carbons (Fsp3) is 0. The summed E-state index contributed by atoms with van der Waals surface area (Å²) in [6.45, 7) is 0. The van der Waals surface area contributed by atoms with E-state index in [9.17, 15) is 0 Å². The van der Waals surface area contributed by atoms with E-state index >= 15 is 9.13 Å². The first-order valence-electron chi connectivity index (χ1n) is 15.8. The van der Waals surface area contributed by atoms with Gasteiger partial charge in [0, 0.05) is 48.3 Å². The highest BCUT2D eigenvalue weighted by atomic mass is 31.2. The van der Waals surface area contributed by atoms with Crippen molar-refractivity contribution in [3.63, 3.8) is 0 Å². The Balaban J connectivity index is 1.36. The van der Waals surface area contributed by atoms with Crippen LogP contribution in [0, 0.1) is 0 Å². The second-order valence-electron chi connectivity index (χ2n) is 12.4. The van der Waals surface area contributed by atoms with E-state index in [1.807, 2.05) is 78.9 Å². The van der Waals surface area contributed by atoms with E-state index in [1.54, 1.807) is 0 Å². The van der Waals surface area contributed by atoms with E-state index in [4.69, 9.17) is 0 Å². The van der Waals surface area contributed by atoms with Crippen LogP contribution in [-0.4, -0.2) is 4.57 Å². The second kappa shape index (κ2) is 9.66. The molecule has 1 aromatic heterocycles. The summed E-state index contributed by atoms with van der Waals surface area (Å²) in [7, 11) is -6.70. The molecule has 2 aliphatic rings. The third kappa shape index (κ3) is 3.48. The highest BCUT2D eigenvalue weighted by Gasteiger charge is 2.44. The molecule has 0 aliphatic carbocycles. The number of benzene rings is 7. The SMILES string of the molecule is O=P1(c2cc(-n3c4ccccc4c4ccccc43)cc(P3(=O)c4ccccc4-c4ccccc43)c2)c2ccccc2-c2ccccc21. The molecule has 0 radical (unpaired) electrons. The summed E-state index contributed by atoms with van der Waals surface area (Å²) < 4.78 is 34.2. The molecule has 0 unspecified atom stereocenters. The van der Waals surface area contributed by atoms with E-state index in [1.165, 1.54) is 0 Å². The Morgan fingerprint density at radius 1 is 0.362 bits per heavy atom. The lowest BCUT2D eigenvalue weighted by molar-refractivity contribution is 0.592. The molecule has 0 bridgehead atoms. The molecule has 47 heavy (non-hydrogen) atoms. The minimum Gasteiger partial charge on any atom is -0.309 e. The molecule has 222 valence electrons. The zero-order valence-electron chi connectivity index (χ0n) is 25.2. The Kier molecular flexibility index (Phi) is 5.54. The molecule has 8 aromatic rings. The first-order chi connectivity index (χ1) is 23.1. The smallest absolute Gasteiger partial charge is 0.172 e. The van der Waals surface area contributed by atoms with E-state index in [2.05, 4.69) is 89.5 Å². The average molecular weight is 640 g/mol. The van der Waals surface area contributed by atoms with Gasteiger partial charge in [0.2, 0.25) is 0 Å². The van der Waals surface area contributed by atoms with E-state index in [0.717, 1.165) is 71.0 Å². The predicted octanol–water partition coefficient (Wildman–Crippen LogP) is 8.02. The first-order valence-corrected chi connectivity index (χ1v) is 19.2. The number of para-hydroxylation sites is 2. The lowest BCUT2D eigenvalue weighted by Gasteiger charge is -2.22. The summed E-state index contributed by atoms with van der Waals surface area (Å²) in [4.78, 5) is 0. The van der Waals surface area contributed by atoms with Gasteiger partial charge in [-0.25, -0.2) is 0 Å². The molecular formula is C42H27NO2P2. The maximum Gasteiger partial charge on any atom is 0.172 e. The number of hydrogen-bond acceptors (Lipinski definition) is 2. The Bertz CT molecular complexity index is 2440. The van der Waals surface area contributed by atoms with Crippen LogP contribution in [0.25, 0.3) is 49.7 Å². The summed E-state index contributed by atoms with van der Waals surface area (Å²) in [5.41, 5.74) is 6.94. The highest BCUT2D eigenvalue weighted by molar-refractivity contribution is 7.87. The molecule has 3 nitrogen and oxygen atoms in total. The van der Waals surface area contributed by atoms with Crippen molar-refractivity contribution in [2.24, 2.45) is 0 Å². The van der Waals surface area contributed by atoms with Crippen LogP contribution in [0.5, 0.6) is 0 Å². The fourth-order valence-corrected chi connectivity index (χ4v) is 14.3. The highest BCUT2D eigenvalue weighted by Crippen LogP contribution is 2.55. The van der Waals surface area contributed by atoms with Crippen LogP contribution in [0.1, 0.15) is 0 Å². The molecule has 3 heterocycles. The van der Waals surface area contributed by atoms with Crippen LogP contribution >= 0.6 is 14.3 Å². The summed E-state index contributed by atoms with van der Waals surface area (Å²) >= 11 is 0. The molecule has 0 spiro atoms. The standard InChI is InChI=1S/C42H27NO2P2/c44-46(39-21-9-3-15-33(39)34-16-4-10-22-40(34)46)29-25-28(43-37-19-7-1-13-31(37)32-14-2-8-20-38(32)43)26-30(27-29)47(45)41-23-11-5-17-35(41)36-18-6-12-24-42(36)47/h1-27H. The van der Waals surface area contributed by atoms with Gasteiger partial charge < -0.3 is 13.7 Å². The lowest BCUT2D eigenvalue weighted by atomic mass is 10.1. The van der Waals surface area contributed by atoms with Crippen molar-refractivity contribution in [3.05, 3.63) is 164 Å². The zero-order valence-corrected chi connectivity index (χ0v) is 27.0. The quantitative estimate of drug-likeness (QED) is 0.184. The number of fused-ring (bicyclic) bond motifs is 9. The Hall–Kier alpha value is -5.20. The van der Waals surface area contributed by atoms with Gasteiger partial charge in [0.05, 0.1) is 11.0 Å².